The summed E-state index contributed by atoms with van der Waals surface area (Å²) in [6, 6.07) is 0. The largest absolute Gasteiger partial charge is 0.381 e. The molecule has 8 atom stereocenters. The lowest BCUT2D eigenvalue weighted by Gasteiger charge is -2.63. The molecule has 3 saturated carbocycles. The minimum atomic E-state index is -1.64. The number of halogens is 3. The molecule has 0 heterocycles. The van der Waals surface area contributed by atoms with E-state index in [0.717, 1.165) is 5.57 Å². The number of hydrogen-bond donors (Lipinski definition) is 1. The van der Waals surface area contributed by atoms with Crippen LogP contribution in [0.4, 0.5) is 4.39 Å². The van der Waals surface area contributed by atoms with E-state index in [1.807, 2.05) is 20.8 Å². The third-order valence-corrected chi connectivity index (χ3v) is 9.88. The topological polar surface area (TPSA) is 54.4 Å². The Morgan fingerprint density at radius 3 is 2.68 bits per heavy atom. The molecule has 6 heteroatoms. The summed E-state index contributed by atoms with van der Waals surface area (Å²) in [5.41, 5.74) is -2.42. The van der Waals surface area contributed by atoms with Crippen molar-refractivity contribution in [1.29, 1.82) is 0 Å². The number of ketones is 2. The molecule has 4 rings (SSSR count). The quantitative estimate of drug-likeness (QED) is 0.663. The van der Waals surface area contributed by atoms with Gasteiger partial charge in [-0.3, -0.25) is 9.59 Å². The number of carbonyl (C=O) groups is 2. The van der Waals surface area contributed by atoms with Crippen molar-refractivity contribution in [3.63, 3.8) is 0 Å². The number of aliphatic hydroxyl groups is 1. The maximum atomic E-state index is 16.0. The highest BCUT2D eigenvalue weighted by molar-refractivity contribution is 6.29. The summed E-state index contributed by atoms with van der Waals surface area (Å²) >= 11 is 13.0. The maximum Gasteiger partial charge on any atom is 0.179 e. The molecule has 0 unspecified atom stereocenters. The van der Waals surface area contributed by atoms with Gasteiger partial charge in [0.15, 0.2) is 11.6 Å². The van der Waals surface area contributed by atoms with Crippen molar-refractivity contribution in [3.05, 3.63) is 23.8 Å². The third kappa shape index (κ3) is 2.15. The van der Waals surface area contributed by atoms with E-state index < -0.39 is 33.3 Å². The van der Waals surface area contributed by atoms with Gasteiger partial charge >= 0.3 is 0 Å². The highest BCUT2D eigenvalue weighted by atomic mass is 35.5. The maximum absolute atomic E-state index is 16.0. The van der Waals surface area contributed by atoms with Crippen LogP contribution in [0.3, 0.4) is 0 Å². The van der Waals surface area contributed by atoms with E-state index in [9.17, 15) is 14.7 Å². The van der Waals surface area contributed by atoms with Crippen LogP contribution in [0, 0.1) is 28.6 Å². The minimum Gasteiger partial charge on any atom is -0.381 e. The first kappa shape index (κ1) is 20.6. The predicted octanol–water partition coefficient (Wildman–Crippen LogP) is 4.39. The lowest BCUT2D eigenvalue weighted by atomic mass is 9.46. The number of fused-ring (bicyclic) bond motifs is 5. The fraction of sp³-hybridized carbons (Fsp3) is 0.727. The Morgan fingerprint density at radius 1 is 1.36 bits per heavy atom. The Labute approximate surface area is 175 Å². The lowest BCUT2D eigenvalue weighted by molar-refractivity contribution is -0.169. The Hall–Kier alpha value is -0.710. The molecule has 4 aliphatic carbocycles. The normalized spacial score (nSPS) is 52.5. The highest BCUT2D eigenvalue weighted by Gasteiger charge is 2.74. The van der Waals surface area contributed by atoms with Crippen molar-refractivity contribution >= 4 is 34.8 Å². The summed E-state index contributed by atoms with van der Waals surface area (Å²) < 4.78 is 16.0. The van der Waals surface area contributed by atoms with Crippen LogP contribution in [0.15, 0.2) is 23.8 Å². The summed E-state index contributed by atoms with van der Waals surface area (Å²) in [5.74, 6) is -1.40. The van der Waals surface area contributed by atoms with E-state index in [0.29, 0.717) is 19.3 Å². The molecule has 3 fully saturated rings. The van der Waals surface area contributed by atoms with E-state index in [4.69, 9.17) is 23.2 Å². The van der Waals surface area contributed by atoms with Gasteiger partial charge in [-0.15, -0.1) is 23.2 Å². The Balaban J connectivity index is 1.84. The van der Waals surface area contributed by atoms with Gasteiger partial charge in [0.1, 0.15) is 11.8 Å². The number of allylic oxidation sites excluding steroid dienone is 4. The number of carbonyl (C=O) groups excluding carboxylic acids is 2. The molecule has 0 aromatic carbocycles. The molecule has 0 saturated heterocycles. The van der Waals surface area contributed by atoms with Gasteiger partial charge in [-0.2, -0.15) is 0 Å². The number of alkyl halides is 3. The molecule has 0 aliphatic heterocycles. The monoisotopic (exact) mass is 428 g/mol. The van der Waals surface area contributed by atoms with Crippen molar-refractivity contribution in [2.24, 2.45) is 28.6 Å². The molecule has 0 aromatic rings. The van der Waals surface area contributed by atoms with Crippen LogP contribution in [-0.2, 0) is 9.59 Å². The second-order valence-electron chi connectivity index (χ2n) is 9.68. The lowest BCUT2D eigenvalue weighted by Crippen LogP contribution is -2.68. The SMILES string of the molecule is C[C@@H]1C[C@H]2[C@@H]3CCC4=CC(=O)C=C[C@]4(C)[C@@]3(Cl)[C@@H](F)C[C@]2(C)[C@@]1(O)C(=O)CCl. The van der Waals surface area contributed by atoms with E-state index in [2.05, 4.69) is 0 Å². The molecule has 0 spiro atoms. The van der Waals surface area contributed by atoms with Gasteiger partial charge in [0.2, 0.25) is 0 Å². The van der Waals surface area contributed by atoms with Gasteiger partial charge in [0, 0.05) is 10.8 Å². The first-order valence-corrected chi connectivity index (χ1v) is 11.0. The van der Waals surface area contributed by atoms with Gasteiger partial charge in [-0.1, -0.05) is 32.4 Å². The molecule has 1 N–H and O–H groups in total. The van der Waals surface area contributed by atoms with Crippen LogP contribution in [0.25, 0.3) is 0 Å². The fourth-order valence-electron chi connectivity index (χ4n) is 7.18. The summed E-state index contributed by atoms with van der Waals surface area (Å²) in [7, 11) is 0. The van der Waals surface area contributed by atoms with E-state index in [1.54, 1.807) is 12.2 Å². The third-order valence-electron chi connectivity index (χ3n) is 8.73. The molecule has 28 heavy (non-hydrogen) atoms. The number of rotatable bonds is 2. The zero-order chi connectivity index (χ0) is 20.7. The molecular weight excluding hydrogens is 402 g/mol. The van der Waals surface area contributed by atoms with Crippen LogP contribution >= 0.6 is 23.2 Å². The minimum absolute atomic E-state index is 0.00575. The molecule has 0 amide bonds. The van der Waals surface area contributed by atoms with Crippen LogP contribution in [0.1, 0.15) is 46.5 Å². The van der Waals surface area contributed by atoms with Gasteiger partial charge in [-0.25, -0.2) is 4.39 Å². The van der Waals surface area contributed by atoms with Crippen molar-refractivity contribution in [1.82, 2.24) is 0 Å². The summed E-state index contributed by atoms with van der Waals surface area (Å²) in [6.45, 7) is 5.61. The smallest absolute Gasteiger partial charge is 0.179 e. The molecule has 154 valence electrons. The molecule has 3 nitrogen and oxygen atoms in total. The van der Waals surface area contributed by atoms with E-state index in [-0.39, 0.29) is 35.8 Å². The zero-order valence-electron chi connectivity index (χ0n) is 16.5. The molecule has 0 aromatic heterocycles. The van der Waals surface area contributed by atoms with Crippen LogP contribution in [-0.4, -0.2) is 39.2 Å². The Kier molecular flexibility index (Phi) is 4.52. The molecule has 4 aliphatic rings. The number of Topliss-reactive ketones (excluding diaryl/α,β-unsaturated/α-hetero) is 1. The Morgan fingerprint density at radius 2 is 2.04 bits per heavy atom. The van der Waals surface area contributed by atoms with Crippen molar-refractivity contribution in [3.8, 4) is 0 Å². The second kappa shape index (κ2) is 6.15. The van der Waals surface area contributed by atoms with E-state index >= 15 is 4.39 Å². The van der Waals surface area contributed by atoms with Gasteiger partial charge in [-0.05, 0) is 55.6 Å². The van der Waals surface area contributed by atoms with Gasteiger partial charge < -0.3 is 5.11 Å². The molecular formula is C22H27Cl2FO3. The van der Waals surface area contributed by atoms with Crippen LogP contribution < -0.4 is 0 Å². The van der Waals surface area contributed by atoms with Crippen molar-refractivity contribution in [2.75, 3.05) is 5.88 Å². The summed E-state index contributed by atoms with van der Waals surface area (Å²) in [4.78, 5) is 23.4. The summed E-state index contributed by atoms with van der Waals surface area (Å²) in [5, 5.41) is 11.5. The Bertz CT molecular complexity index is 810. The van der Waals surface area contributed by atoms with Gasteiger partial charge in [0.25, 0.3) is 0 Å². The van der Waals surface area contributed by atoms with Crippen LogP contribution in [0.5, 0.6) is 0 Å². The first-order chi connectivity index (χ1) is 13.0. The zero-order valence-corrected chi connectivity index (χ0v) is 18.0. The standard InChI is InChI=1S/C22H27Cl2FO3/c1-12-8-16-15-5-4-13-9-14(26)6-7-19(13,2)21(15,24)17(25)10-20(16,3)22(12,28)18(27)11-23/h6-7,9,12,15-17,28H,4-5,8,10-11H2,1-3H3/t12-,15+,16+,17+,19+,20+,21+,22+/m1/s1. The average molecular weight is 429 g/mol. The average Bonchev–Trinajstić information content (AvgIpc) is 2.84. The summed E-state index contributed by atoms with van der Waals surface area (Å²) in [6.07, 6.45) is 5.36. The highest BCUT2D eigenvalue weighted by Crippen LogP contribution is 2.71. The molecule has 0 radical (unpaired) electrons. The number of hydrogen-bond acceptors (Lipinski definition) is 3. The van der Waals surface area contributed by atoms with Crippen LogP contribution in [0.2, 0.25) is 0 Å². The predicted molar refractivity (Wildman–Crippen MR) is 107 cm³/mol. The van der Waals surface area contributed by atoms with E-state index in [1.165, 1.54) is 6.08 Å². The fourth-order valence-corrected chi connectivity index (χ4v) is 7.90. The van der Waals surface area contributed by atoms with Crippen molar-refractivity contribution in [2.45, 2.75) is 63.1 Å². The first-order valence-electron chi connectivity index (χ1n) is 10.1. The van der Waals surface area contributed by atoms with Crippen molar-refractivity contribution < 1.29 is 19.1 Å². The van der Waals surface area contributed by atoms with Gasteiger partial charge in [0.05, 0.1) is 10.8 Å². The molecule has 0 bridgehead atoms. The second-order valence-corrected chi connectivity index (χ2v) is 10.6.